The summed E-state index contributed by atoms with van der Waals surface area (Å²) in [6, 6.07) is 17.6. The van der Waals surface area contributed by atoms with Crippen molar-refractivity contribution in [3.8, 4) is 0 Å². The smallest absolute Gasteiger partial charge is 0.465 e. The van der Waals surface area contributed by atoms with E-state index in [9.17, 15) is 28.8 Å². The summed E-state index contributed by atoms with van der Waals surface area (Å²) in [6.07, 6.45) is 6.43. The standard InChI is InChI=1S/C35H36N2O8.C6H11NO4/c1-22(25-8-6-5-7-9-25)16-24-17-26(14-15-35(4,19-24)37-31(39)29-21-43-33(41)45-29)34(2,3)18-23-10-12-27(13-11-23)36-30(38)28-20-42-32(40)44-28;1-7-6(9)5(10-2)3-11-4-8/h5-17,19,28-29H,18,20-21H2,1-4H3,(H,36,38)(H,37,39);4-5H,3H2,1-2H3,(H,7,9). The zero-order chi connectivity index (χ0) is 40.9. The minimum Gasteiger partial charge on any atom is -0.465 e. The third-order valence-electron chi connectivity index (χ3n) is 8.96. The first-order valence-corrected chi connectivity index (χ1v) is 17.7. The van der Waals surface area contributed by atoms with Crippen molar-refractivity contribution in [3.05, 3.63) is 107 Å². The molecule has 56 heavy (non-hydrogen) atoms. The highest BCUT2D eigenvalue weighted by atomic mass is 16.8. The van der Waals surface area contributed by atoms with Gasteiger partial charge in [-0.3, -0.25) is 19.2 Å². The van der Waals surface area contributed by atoms with E-state index >= 15 is 0 Å². The summed E-state index contributed by atoms with van der Waals surface area (Å²) in [5, 5.41) is 8.13. The van der Waals surface area contributed by atoms with Crippen LogP contribution in [0.25, 0.3) is 5.57 Å². The zero-order valence-corrected chi connectivity index (χ0v) is 32.1. The van der Waals surface area contributed by atoms with Gasteiger partial charge in [0.25, 0.3) is 24.2 Å². The minimum atomic E-state index is -1.01. The molecule has 2 aromatic carbocycles. The maximum absolute atomic E-state index is 13.0. The van der Waals surface area contributed by atoms with Crippen molar-refractivity contribution in [2.75, 3.05) is 39.3 Å². The van der Waals surface area contributed by atoms with Gasteiger partial charge in [0.15, 0.2) is 6.10 Å². The highest BCUT2D eigenvalue weighted by Gasteiger charge is 2.36. The molecule has 2 fully saturated rings. The minimum absolute atomic E-state index is 0.0559. The molecule has 2 saturated heterocycles. The Hall–Kier alpha value is -6.22. The molecule has 2 heterocycles. The second-order valence-electron chi connectivity index (χ2n) is 13.9. The van der Waals surface area contributed by atoms with E-state index in [1.54, 1.807) is 0 Å². The van der Waals surface area contributed by atoms with Gasteiger partial charge in [0.05, 0.1) is 5.54 Å². The predicted octanol–water partition coefficient (Wildman–Crippen LogP) is 4.59. The molecule has 0 bridgehead atoms. The number of hydrogen-bond donors (Lipinski definition) is 3. The Bertz CT molecular complexity index is 1880. The van der Waals surface area contributed by atoms with Crippen LogP contribution >= 0.6 is 0 Å². The number of benzene rings is 2. The van der Waals surface area contributed by atoms with E-state index in [1.165, 1.54) is 14.2 Å². The zero-order valence-electron chi connectivity index (χ0n) is 32.1. The number of amides is 3. The highest BCUT2D eigenvalue weighted by molar-refractivity contribution is 5.96. The van der Waals surface area contributed by atoms with Crippen molar-refractivity contribution in [3.63, 3.8) is 0 Å². The van der Waals surface area contributed by atoms with Gasteiger partial charge >= 0.3 is 12.3 Å². The predicted molar refractivity (Wildman–Crippen MR) is 204 cm³/mol. The third-order valence-corrected chi connectivity index (χ3v) is 8.96. The number of carbonyl (C=O) groups is 6. The van der Waals surface area contributed by atoms with Crippen LogP contribution in [0.2, 0.25) is 0 Å². The van der Waals surface area contributed by atoms with Crippen molar-refractivity contribution in [1.82, 2.24) is 10.6 Å². The van der Waals surface area contributed by atoms with Gasteiger partial charge in [0, 0.05) is 19.8 Å². The molecule has 15 heteroatoms. The lowest BCUT2D eigenvalue weighted by Gasteiger charge is -2.27. The Labute approximate surface area is 325 Å². The molecule has 4 atom stereocenters. The molecule has 0 aromatic heterocycles. The Morgan fingerprint density at radius 2 is 1.59 bits per heavy atom. The van der Waals surface area contributed by atoms with Gasteiger partial charge in [-0.1, -0.05) is 80.6 Å². The summed E-state index contributed by atoms with van der Waals surface area (Å²) in [5.41, 5.74) is 4.48. The Morgan fingerprint density at radius 3 is 2.14 bits per heavy atom. The average molecular weight is 774 g/mol. The summed E-state index contributed by atoms with van der Waals surface area (Å²) in [4.78, 5) is 68.5. The molecule has 2 aromatic rings. The van der Waals surface area contributed by atoms with E-state index in [0.29, 0.717) is 12.1 Å². The normalized spacial score (nSPS) is 20.9. The molecule has 2 aliphatic heterocycles. The van der Waals surface area contributed by atoms with Gasteiger partial charge in [-0.25, -0.2) is 9.59 Å². The maximum atomic E-state index is 13.0. The van der Waals surface area contributed by atoms with Gasteiger partial charge in [0.2, 0.25) is 12.2 Å². The lowest BCUT2D eigenvalue weighted by Crippen LogP contribution is -2.48. The molecule has 3 aliphatic rings. The number of anilines is 1. The molecule has 0 saturated carbocycles. The Kier molecular flexibility index (Phi) is 14.7. The van der Waals surface area contributed by atoms with Gasteiger partial charge in [-0.2, -0.15) is 0 Å². The fraction of sp³-hybridized carbons (Fsp3) is 0.366. The second-order valence-corrected chi connectivity index (χ2v) is 13.9. The van der Waals surface area contributed by atoms with Crippen molar-refractivity contribution in [1.29, 1.82) is 0 Å². The van der Waals surface area contributed by atoms with E-state index in [0.717, 1.165) is 27.8 Å². The quantitative estimate of drug-likeness (QED) is 0.138. The van der Waals surface area contributed by atoms with Gasteiger partial charge in [0.1, 0.15) is 19.8 Å². The maximum Gasteiger partial charge on any atom is 0.509 e. The van der Waals surface area contributed by atoms with E-state index in [1.807, 2.05) is 86.7 Å². The van der Waals surface area contributed by atoms with Gasteiger partial charge < -0.3 is 44.4 Å². The molecular formula is C41H47N3O12. The number of nitrogens with one attached hydrogen (secondary N) is 3. The molecule has 4 unspecified atom stereocenters. The molecule has 3 amide bonds. The van der Waals surface area contributed by atoms with Crippen LogP contribution in [-0.2, 0) is 54.0 Å². The first kappa shape index (κ1) is 42.5. The van der Waals surface area contributed by atoms with Crippen LogP contribution in [-0.4, -0.2) is 94.3 Å². The number of hydrogen-bond acceptors (Lipinski definition) is 12. The lowest BCUT2D eigenvalue weighted by molar-refractivity contribution is -0.140. The molecule has 15 nitrogen and oxygen atoms in total. The van der Waals surface area contributed by atoms with Crippen LogP contribution in [0.15, 0.2) is 96.1 Å². The van der Waals surface area contributed by atoms with Gasteiger partial charge in [-0.05, 0) is 71.7 Å². The van der Waals surface area contributed by atoms with E-state index < -0.39 is 48.0 Å². The Morgan fingerprint density at radius 1 is 0.964 bits per heavy atom. The van der Waals surface area contributed by atoms with E-state index in [-0.39, 0.29) is 37.6 Å². The van der Waals surface area contributed by atoms with Crippen LogP contribution in [0.3, 0.4) is 0 Å². The van der Waals surface area contributed by atoms with Crippen LogP contribution in [0.1, 0.15) is 38.8 Å². The number of methoxy groups -OCH3 is 1. The number of ether oxygens (including phenoxy) is 6. The molecule has 3 N–H and O–H groups in total. The number of likely N-dealkylation sites (N-methyl/N-ethyl adjacent to an activating group) is 1. The molecule has 5 rings (SSSR count). The molecule has 0 radical (unpaired) electrons. The average Bonchev–Trinajstić information content (AvgIpc) is 3.78. The fourth-order valence-corrected chi connectivity index (χ4v) is 5.88. The second kappa shape index (κ2) is 19.4. The summed E-state index contributed by atoms with van der Waals surface area (Å²) in [5.74, 6) is -1.20. The first-order chi connectivity index (χ1) is 26.6. The topological polar surface area (TPSA) is 194 Å². The number of carbonyl (C=O) groups excluding carboxylic acids is 6. The third kappa shape index (κ3) is 12.1. The van der Waals surface area contributed by atoms with Gasteiger partial charge in [-0.15, -0.1) is 0 Å². The van der Waals surface area contributed by atoms with Crippen LogP contribution in [0.5, 0.6) is 0 Å². The summed E-state index contributed by atoms with van der Waals surface area (Å²) in [6.45, 7) is 8.21. The number of cyclic esters (lactones) is 4. The van der Waals surface area contributed by atoms with Crippen molar-refractivity contribution >= 4 is 47.8 Å². The Balaban J connectivity index is 0.000000552. The van der Waals surface area contributed by atoms with Crippen molar-refractivity contribution in [2.24, 2.45) is 5.41 Å². The molecule has 0 spiro atoms. The summed E-state index contributed by atoms with van der Waals surface area (Å²) < 4.78 is 28.4. The first-order valence-electron chi connectivity index (χ1n) is 17.7. The SMILES string of the molecule is CC(=CC1=CC(C)(NC(=O)C2COC(=O)O2)C=CC(C(C)(C)Cc2ccc(NC(=O)C3COC(=O)O3)cc2)=C1)c1ccccc1.CNC(=O)C(COC=O)OC. The number of allylic oxidation sites excluding steroid dienone is 6. The largest absolute Gasteiger partial charge is 0.509 e. The van der Waals surface area contributed by atoms with Crippen molar-refractivity contribution < 1.29 is 57.2 Å². The summed E-state index contributed by atoms with van der Waals surface area (Å²) in [7, 11) is 2.85. The lowest BCUT2D eigenvalue weighted by atomic mass is 9.77. The van der Waals surface area contributed by atoms with Crippen LogP contribution < -0.4 is 16.0 Å². The monoisotopic (exact) mass is 773 g/mol. The summed E-state index contributed by atoms with van der Waals surface area (Å²) >= 11 is 0. The molecular weight excluding hydrogens is 726 g/mol. The van der Waals surface area contributed by atoms with Crippen LogP contribution in [0, 0.1) is 5.41 Å². The highest BCUT2D eigenvalue weighted by Crippen LogP contribution is 2.36. The van der Waals surface area contributed by atoms with Crippen LogP contribution in [0.4, 0.5) is 15.3 Å². The fourth-order valence-electron chi connectivity index (χ4n) is 5.88. The van der Waals surface area contributed by atoms with E-state index in [4.69, 9.17) is 23.7 Å². The molecule has 298 valence electrons. The number of rotatable bonds is 14. The molecule has 1 aliphatic carbocycles. The van der Waals surface area contributed by atoms with Crippen molar-refractivity contribution in [2.45, 2.75) is 58.0 Å². The van der Waals surface area contributed by atoms with E-state index in [2.05, 4.69) is 46.7 Å².